The molecule has 4 heteroatoms. The van der Waals surface area contributed by atoms with Crippen LogP contribution in [0.1, 0.15) is 11.1 Å². The van der Waals surface area contributed by atoms with Crippen molar-refractivity contribution in [3.05, 3.63) is 71.8 Å². The summed E-state index contributed by atoms with van der Waals surface area (Å²) in [6, 6.07) is 19.0. The molecule has 0 aliphatic heterocycles. The third-order valence-corrected chi connectivity index (χ3v) is 4.35. The van der Waals surface area contributed by atoms with Gasteiger partial charge in [-0.25, -0.2) is 0 Å². The molecule has 0 saturated heterocycles. The average Bonchev–Trinajstić information content (AvgIpc) is 2.53. The minimum absolute atomic E-state index is 0.00510. The van der Waals surface area contributed by atoms with Gasteiger partial charge < -0.3 is 5.11 Å². The van der Waals surface area contributed by atoms with E-state index in [9.17, 15) is 14.7 Å². The summed E-state index contributed by atoms with van der Waals surface area (Å²) in [5.41, 5.74) is 1.93. The second-order valence-electron chi connectivity index (χ2n) is 5.07. The molecule has 0 bridgehead atoms. The zero-order valence-corrected chi connectivity index (χ0v) is 13.0. The van der Waals surface area contributed by atoms with Gasteiger partial charge in [-0.05, 0) is 17.5 Å². The maximum absolute atomic E-state index is 12.0. The maximum atomic E-state index is 12.0. The Hall–Kier alpha value is -2.07. The number of benzene rings is 2. The molecule has 0 radical (unpaired) electrons. The predicted octanol–water partition coefficient (Wildman–Crippen LogP) is 3.43. The van der Waals surface area contributed by atoms with Crippen LogP contribution in [0.2, 0.25) is 0 Å². The molecule has 0 aromatic heterocycles. The van der Waals surface area contributed by atoms with Gasteiger partial charge in [-0.2, -0.15) is 0 Å². The molecular weight excluding hydrogens is 296 g/mol. The molecule has 22 heavy (non-hydrogen) atoms. The van der Waals surface area contributed by atoms with Gasteiger partial charge in [0.15, 0.2) is 5.12 Å². The number of hydrogen-bond donors (Lipinski definition) is 1. The Balaban J connectivity index is 1.86. The summed E-state index contributed by atoms with van der Waals surface area (Å²) in [5.74, 6) is -1.11. The van der Waals surface area contributed by atoms with E-state index in [0.29, 0.717) is 18.6 Å². The van der Waals surface area contributed by atoms with Crippen molar-refractivity contribution in [3.63, 3.8) is 0 Å². The summed E-state index contributed by atoms with van der Waals surface area (Å²) in [5, 5.41) is 9.32. The molecule has 0 saturated carbocycles. The standard InChI is InChI=1S/C18H18O3S/c19-17(12-15-9-5-2-6-10-15)22-13-16(18(20)21)11-14-7-3-1-4-8-14/h1-10,16H,11-13H2,(H,20,21). The van der Waals surface area contributed by atoms with Crippen LogP contribution in [0.5, 0.6) is 0 Å². The second kappa shape index (κ2) is 8.39. The van der Waals surface area contributed by atoms with Gasteiger partial charge >= 0.3 is 5.97 Å². The van der Waals surface area contributed by atoms with Crippen molar-refractivity contribution in [2.75, 3.05) is 5.75 Å². The number of hydrogen-bond acceptors (Lipinski definition) is 3. The van der Waals surface area contributed by atoms with Crippen molar-refractivity contribution in [2.45, 2.75) is 12.8 Å². The molecule has 2 rings (SSSR count). The van der Waals surface area contributed by atoms with Crippen LogP contribution in [-0.4, -0.2) is 21.9 Å². The summed E-state index contributed by atoms with van der Waals surface area (Å²) in [4.78, 5) is 23.3. The van der Waals surface area contributed by atoms with Gasteiger partial charge in [-0.1, -0.05) is 72.4 Å². The number of rotatable bonds is 7. The molecule has 1 N–H and O–H groups in total. The lowest BCUT2D eigenvalue weighted by Gasteiger charge is -2.11. The highest BCUT2D eigenvalue weighted by Crippen LogP contribution is 2.17. The lowest BCUT2D eigenvalue weighted by Crippen LogP contribution is -2.20. The van der Waals surface area contributed by atoms with Crippen molar-refractivity contribution in [2.24, 2.45) is 5.92 Å². The van der Waals surface area contributed by atoms with Gasteiger partial charge in [0.05, 0.1) is 5.92 Å². The smallest absolute Gasteiger partial charge is 0.307 e. The Labute approximate surface area is 134 Å². The van der Waals surface area contributed by atoms with E-state index in [1.54, 1.807) is 0 Å². The highest BCUT2D eigenvalue weighted by atomic mass is 32.2. The summed E-state index contributed by atoms with van der Waals surface area (Å²) in [6.45, 7) is 0. The Bertz CT molecular complexity index is 611. The first-order valence-corrected chi connectivity index (χ1v) is 8.10. The van der Waals surface area contributed by atoms with E-state index in [1.807, 2.05) is 60.7 Å². The summed E-state index contributed by atoms with van der Waals surface area (Å²) < 4.78 is 0. The van der Waals surface area contributed by atoms with Crippen molar-refractivity contribution >= 4 is 22.8 Å². The molecule has 114 valence electrons. The number of thioether (sulfide) groups is 1. The SMILES string of the molecule is O=C(Cc1ccccc1)SCC(Cc1ccccc1)C(=O)O. The first-order chi connectivity index (χ1) is 10.6. The highest BCUT2D eigenvalue weighted by molar-refractivity contribution is 8.13. The lowest BCUT2D eigenvalue weighted by atomic mass is 10.0. The van der Waals surface area contributed by atoms with E-state index < -0.39 is 11.9 Å². The Kier molecular flexibility index (Phi) is 6.22. The van der Waals surface area contributed by atoms with Crippen molar-refractivity contribution in [3.8, 4) is 0 Å². The monoisotopic (exact) mass is 314 g/mol. The molecule has 3 nitrogen and oxygen atoms in total. The van der Waals surface area contributed by atoms with E-state index in [4.69, 9.17) is 0 Å². The van der Waals surface area contributed by atoms with Crippen molar-refractivity contribution < 1.29 is 14.7 Å². The molecule has 0 amide bonds. The lowest BCUT2D eigenvalue weighted by molar-refractivity contribution is -0.140. The van der Waals surface area contributed by atoms with Crippen LogP contribution in [0.15, 0.2) is 60.7 Å². The molecular formula is C18H18O3S. The Morgan fingerprint density at radius 2 is 1.45 bits per heavy atom. The van der Waals surface area contributed by atoms with Gasteiger partial charge in [0.1, 0.15) is 0 Å². The number of carboxylic acids is 1. The fraction of sp³-hybridized carbons (Fsp3) is 0.222. The van der Waals surface area contributed by atoms with Crippen molar-refractivity contribution in [1.82, 2.24) is 0 Å². The second-order valence-corrected chi connectivity index (χ2v) is 6.15. The molecule has 1 unspecified atom stereocenters. The quantitative estimate of drug-likeness (QED) is 0.850. The maximum Gasteiger partial charge on any atom is 0.307 e. The predicted molar refractivity (Wildman–Crippen MR) is 88.9 cm³/mol. The molecule has 2 aromatic carbocycles. The normalized spacial score (nSPS) is 11.8. The molecule has 0 aliphatic carbocycles. The molecule has 0 fully saturated rings. The first kappa shape index (κ1) is 16.3. The molecule has 2 aromatic rings. The zero-order valence-electron chi connectivity index (χ0n) is 12.1. The first-order valence-electron chi connectivity index (χ1n) is 7.11. The number of aliphatic carboxylic acids is 1. The Morgan fingerprint density at radius 1 is 0.909 bits per heavy atom. The van der Waals surface area contributed by atoms with Crippen molar-refractivity contribution in [1.29, 1.82) is 0 Å². The average molecular weight is 314 g/mol. The van der Waals surface area contributed by atoms with Gasteiger partial charge in [-0.15, -0.1) is 0 Å². The number of carbonyl (C=O) groups is 2. The summed E-state index contributed by atoms with van der Waals surface area (Å²) >= 11 is 1.11. The van der Waals surface area contributed by atoms with Crippen LogP contribution in [0.3, 0.4) is 0 Å². The fourth-order valence-electron chi connectivity index (χ4n) is 2.12. The third kappa shape index (κ3) is 5.37. The largest absolute Gasteiger partial charge is 0.481 e. The topological polar surface area (TPSA) is 54.4 Å². The van der Waals surface area contributed by atoms with Crippen LogP contribution in [-0.2, 0) is 22.4 Å². The van der Waals surface area contributed by atoms with Crippen LogP contribution < -0.4 is 0 Å². The van der Waals surface area contributed by atoms with Crippen LogP contribution in [0, 0.1) is 5.92 Å². The summed E-state index contributed by atoms with van der Waals surface area (Å²) in [7, 11) is 0. The van der Waals surface area contributed by atoms with E-state index in [0.717, 1.165) is 22.9 Å². The zero-order chi connectivity index (χ0) is 15.8. The van der Waals surface area contributed by atoms with Crippen LogP contribution >= 0.6 is 11.8 Å². The van der Waals surface area contributed by atoms with Gasteiger partial charge in [0, 0.05) is 12.2 Å². The highest BCUT2D eigenvalue weighted by Gasteiger charge is 2.19. The minimum Gasteiger partial charge on any atom is -0.481 e. The molecule has 1 atom stereocenters. The Morgan fingerprint density at radius 3 is 2.00 bits per heavy atom. The summed E-state index contributed by atoms with van der Waals surface area (Å²) in [6.07, 6.45) is 0.783. The third-order valence-electron chi connectivity index (χ3n) is 3.31. The van der Waals surface area contributed by atoms with E-state index >= 15 is 0 Å². The fourth-order valence-corrected chi connectivity index (χ4v) is 3.04. The van der Waals surface area contributed by atoms with Crippen LogP contribution in [0.4, 0.5) is 0 Å². The minimum atomic E-state index is -0.858. The number of carbonyl (C=O) groups excluding carboxylic acids is 1. The van der Waals surface area contributed by atoms with Gasteiger partial charge in [0.25, 0.3) is 0 Å². The number of carboxylic acid groups (broad SMARTS) is 1. The molecule has 0 spiro atoms. The van der Waals surface area contributed by atoms with E-state index in [-0.39, 0.29) is 5.12 Å². The molecule has 0 heterocycles. The van der Waals surface area contributed by atoms with Crippen LogP contribution in [0.25, 0.3) is 0 Å². The van der Waals surface area contributed by atoms with Gasteiger partial charge in [0.2, 0.25) is 0 Å². The van der Waals surface area contributed by atoms with Gasteiger partial charge in [-0.3, -0.25) is 9.59 Å². The van der Waals surface area contributed by atoms with E-state index in [1.165, 1.54) is 0 Å². The van der Waals surface area contributed by atoms with E-state index in [2.05, 4.69) is 0 Å². The molecule has 0 aliphatic rings.